The fourth-order valence-corrected chi connectivity index (χ4v) is 5.97. The average molecular weight is 595 g/mol. The molecule has 0 radical (unpaired) electrons. The Morgan fingerprint density at radius 2 is 1.66 bits per heavy atom. The van der Waals surface area contributed by atoms with Crippen LogP contribution in [0.5, 0.6) is 0 Å². The number of fused-ring (bicyclic) bond motifs is 2. The number of aromatic nitrogens is 4. The van der Waals surface area contributed by atoms with E-state index in [9.17, 15) is 19.1 Å². The zero-order valence-electron chi connectivity index (χ0n) is 23.8. The van der Waals surface area contributed by atoms with Crippen molar-refractivity contribution >= 4 is 51.3 Å². The molecule has 224 valence electrons. The van der Waals surface area contributed by atoms with Crippen LogP contribution in [0.2, 0.25) is 0 Å². The zero-order valence-corrected chi connectivity index (χ0v) is 23.8. The maximum atomic E-state index is 14.2. The van der Waals surface area contributed by atoms with Crippen molar-refractivity contribution in [1.82, 2.24) is 19.6 Å². The molecule has 0 bridgehead atoms. The highest BCUT2D eigenvalue weighted by atomic mass is 19.1. The average Bonchev–Trinajstić information content (AvgIpc) is 3.74. The summed E-state index contributed by atoms with van der Waals surface area (Å²) in [5.41, 5.74) is 2.13. The Balaban J connectivity index is 1.11. The third-order valence-electron chi connectivity index (χ3n) is 8.30. The number of rotatable bonds is 8. The van der Waals surface area contributed by atoms with Crippen LogP contribution in [0, 0.1) is 5.82 Å². The van der Waals surface area contributed by atoms with Gasteiger partial charge >= 0.3 is 6.09 Å². The Labute approximate surface area is 252 Å². The molecule has 4 N–H and O–H groups in total. The van der Waals surface area contributed by atoms with Gasteiger partial charge < -0.3 is 21.1 Å². The van der Waals surface area contributed by atoms with Crippen LogP contribution in [-0.4, -0.2) is 54.8 Å². The molecule has 2 fully saturated rings. The van der Waals surface area contributed by atoms with Gasteiger partial charge in [-0.05, 0) is 56.0 Å². The first-order valence-electron chi connectivity index (χ1n) is 14.8. The molecule has 12 heteroatoms. The maximum absolute atomic E-state index is 14.2. The summed E-state index contributed by atoms with van der Waals surface area (Å²) in [5, 5.41) is 26.4. The van der Waals surface area contributed by atoms with Gasteiger partial charge in [0.05, 0.1) is 29.5 Å². The van der Waals surface area contributed by atoms with Crippen LogP contribution in [0.15, 0.2) is 73.2 Å². The molecule has 0 aliphatic heterocycles. The molecule has 0 unspecified atom stereocenters. The number of nitrogens with zero attached hydrogens (tertiary/aromatic N) is 5. The lowest BCUT2D eigenvalue weighted by atomic mass is 9.89. The van der Waals surface area contributed by atoms with Gasteiger partial charge in [0.2, 0.25) is 0 Å². The first-order chi connectivity index (χ1) is 21.4. The van der Waals surface area contributed by atoms with Crippen LogP contribution in [0.4, 0.5) is 32.1 Å². The van der Waals surface area contributed by atoms with E-state index in [-0.39, 0.29) is 23.5 Å². The van der Waals surface area contributed by atoms with Gasteiger partial charge in [0.1, 0.15) is 5.82 Å². The first kappa shape index (κ1) is 27.6. The number of carbonyl (C=O) groups excluding carboxylic acids is 1. The third-order valence-corrected chi connectivity index (χ3v) is 8.30. The largest absolute Gasteiger partial charge is 0.465 e. The number of hydrogen-bond acceptors (Lipinski definition) is 7. The van der Waals surface area contributed by atoms with Crippen molar-refractivity contribution in [1.29, 1.82) is 0 Å². The minimum Gasteiger partial charge on any atom is -0.465 e. The Bertz CT molecular complexity index is 1860. The van der Waals surface area contributed by atoms with Gasteiger partial charge in [0.15, 0.2) is 17.2 Å². The SMILES string of the molecule is O=C(Nc1ccncc1F)c1cnc2c(NC3CC3)cc(NC3CCC(N(C(=O)O)c4cccc5ccccc45)CC3)nn12. The van der Waals surface area contributed by atoms with Gasteiger partial charge in [-0.15, -0.1) is 5.10 Å². The number of hydrogen-bond donors (Lipinski definition) is 4. The lowest BCUT2D eigenvalue weighted by Crippen LogP contribution is -2.43. The molecule has 2 saturated carbocycles. The quantitative estimate of drug-likeness (QED) is 0.168. The van der Waals surface area contributed by atoms with E-state index >= 15 is 0 Å². The number of carbonyl (C=O) groups is 2. The van der Waals surface area contributed by atoms with Gasteiger partial charge in [0, 0.05) is 35.8 Å². The van der Waals surface area contributed by atoms with E-state index in [1.54, 1.807) is 0 Å². The number of anilines is 4. The standard InChI is InChI=1S/C32H31FN8O3/c33-24-17-34-15-14-25(24)38-31(42)28-18-35-30-26(36-20-8-9-20)16-29(39-41(28)30)37-21-10-12-22(13-11-21)40(32(43)44)27-7-3-5-19-4-1-2-6-23(19)27/h1-7,14-18,20-22,36H,8-13H2,(H,37,39)(H,43,44)(H,34,38,42). The lowest BCUT2D eigenvalue weighted by Gasteiger charge is -2.36. The summed E-state index contributed by atoms with van der Waals surface area (Å²) in [6, 6.07) is 17.1. The molecule has 5 aromatic rings. The number of carboxylic acid groups (broad SMARTS) is 1. The molecule has 3 heterocycles. The van der Waals surface area contributed by atoms with E-state index in [2.05, 4.69) is 25.9 Å². The minimum atomic E-state index is -0.960. The molecule has 3 aromatic heterocycles. The molecule has 2 aliphatic rings. The summed E-state index contributed by atoms with van der Waals surface area (Å²) in [4.78, 5) is 35.3. The molecule has 2 aliphatic carbocycles. The highest BCUT2D eigenvalue weighted by Crippen LogP contribution is 2.34. The first-order valence-corrected chi connectivity index (χ1v) is 14.8. The topological polar surface area (TPSA) is 137 Å². The summed E-state index contributed by atoms with van der Waals surface area (Å²) in [7, 11) is 0. The number of imidazole rings is 1. The molecule has 7 rings (SSSR count). The molecular weight excluding hydrogens is 563 g/mol. The van der Waals surface area contributed by atoms with Crippen LogP contribution < -0.4 is 20.9 Å². The summed E-state index contributed by atoms with van der Waals surface area (Å²) in [6.45, 7) is 0. The second-order valence-electron chi connectivity index (χ2n) is 11.4. The lowest BCUT2D eigenvalue weighted by molar-refractivity contribution is 0.102. The van der Waals surface area contributed by atoms with E-state index in [0.717, 1.165) is 48.3 Å². The van der Waals surface area contributed by atoms with Gasteiger partial charge in [-0.1, -0.05) is 36.4 Å². The van der Waals surface area contributed by atoms with E-state index < -0.39 is 17.8 Å². The van der Waals surface area contributed by atoms with Crippen LogP contribution in [-0.2, 0) is 0 Å². The van der Waals surface area contributed by atoms with E-state index in [1.165, 1.54) is 27.9 Å². The van der Waals surface area contributed by atoms with Crippen molar-refractivity contribution in [2.24, 2.45) is 0 Å². The van der Waals surface area contributed by atoms with Gasteiger partial charge in [-0.3, -0.25) is 14.7 Å². The van der Waals surface area contributed by atoms with Gasteiger partial charge in [0.25, 0.3) is 5.91 Å². The summed E-state index contributed by atoms with van der Waals surface area (Å²) in [6.07, 6.45) is 7.84. The Kier molecular flexibility index (Phi) is 7.17. The Morgan fingerprint density at radius 1 is 0.909 bits per heavy atom. The van der Waals surface area contributed by atoms with Crippen molar-refractivity contribution in [2.75, 3.05) is 20.9 Å². The smallest absolute Gasteiger partial charge is 0.412 e. The van der Waals surface area contributed by atoms with Crippen LogP contribution in [0.3, 0.4) is 0 Å². The Hall–Kier alpha value is -5.26. The van der Waals surface area contributed by atoms with Gasteiger partial charge in [-0.2, -0.15) is 0 Å². The van der Waals surface area contributed by atoms with Crippen molar-refractivity contribution in [3.63, 3.8) is 0 Å². The summed E-state index contributed by atoms with van der Waals surface area (Å²) >= 11 is 0. The predicted octanol–water partition coefficient (Wildman–Crippen LogP) is 6.15. The fourth-order valence-electron chi connectivity index (χ4n) is 5.97. The van der Waals surface area contributed by atoms with E-state index in [0.29, 0.717) is 36.0 Å². The normalized spacial score (nSPS) is 18.2. The van der Waals surface area contributed by atoms with Crippen LogP contribution >= 0.6 is 0 Å². The summed E-state index contributed by atoms with van der Waals surface area (Å²) in [5.74, 6) is -0.624. The monoisotopic (exact) mass is 594 g/mol. The van der Waals surface area contributed by atoms with E-state index in [1.807, 2.05) is 48.5 Å². The number of halogens is 1. The van der Waals surface area contributed by atoms with Crippen molar-refractivity contribution in [2.45, 2.75) is 56.7 Å². The Morgan fingerprint density at radius 3 is 2.43 bits per heavy atom. The molecule has 11 nitrogen and oxygen atoms in total. The molecule has 2 aromatic carbocycles. The second kappa shape index (κ2) is 11.4. The zero-order chi connectivity index (χ0) is 30.2. The number of pyridine rings is 1. The maximum Gasteiger partial charge on any atom is 0.412 e. The highest BCUT2D eigenvalue weighted by Gasteiger charge is 2.31. The molecular formula is C32H31FN8O3. The van der Waals surface area contributed by atoms with Crippen molar-refractivity contribution < 1.29 is 19.1 Å². The number of benzene rings is 2. The van der Waals surface area contributed by atoms with Crippen LogP contribution in [0.1, 0.15) is 49.0 Å². The highest BCUT2D eigenvalue weighted by molar-refractivity contribution is 6.04. The summed E-state index contributed by atoms with van der Waals surface area (Å²) < 4.78 is 15.6. The third kappa shape index (κ3) is 5.46. The van der Waals surface area contributed by atoms with Crippen molar-refractivity contribution in [3.8, 4) is 0 Å². The molecule has 2 amide bonds. The van der Waals surface area contributed by atoms with Crippen LogP contribution in [0.25, 0.3) is 16.4 Å². The number of nitrogens with one attached hydrogen (secondary N) is 3. The molecule has 44 heavy (non-hydrogen) atoms. The minimum absolute atomic E-state index is 0.0150. The number of amides is 2. The van der Waals surface area contributed by atoms with Gasteiger partial charge in [-0.25, -0.2) is 18.7 Å². The molecule has 0 atom stereocenters. The predicted molar refractivity (Wildman–Crippen MR) is 166 cm³/mol. The van der Waals surface area contributed by atoms with Crippen molar-refractivity contribution in [3.05, 3.63) is 84.7 Å². The molecule has 0 spiro atoms. The van der Waals surface area contributed by atoms with E-state index in [4.69, 9.17) is 5.10 Å². The fraction of sp³-hybridized carbons (Fsp3) is 0.281. The second-order valence-corrected chi connectivity index (χ2v) is 11.4. The molecule has 0 saturated heterocycles.